The van der Waals surface area contributed by atoms with E-state index in [1.165, 1.54) is 18.2 Å². The predicted octanol–water partition coefficient (Wildman–Crippen LogP) is 6.37. The van der Waals surface area contributed by atoms with E-state index in [1.807, 2.05) is 36.4 Å². The zero-order chi connectivity index (χ0) is 19.0. The van der Waals surface area contributed by atoms with Gasteiger partial charge in [-0.1, -0.05) is 28.1 Å². The second-order valence-electron chi connectivity index (χ2n) is 6.12. The predicted molar refractivity (Wildman–Crippen MR) is 108 cm³/mol. The van der Waals surface area contributed by atoms with E-state index in [2.05, 4.69) is 15.9 Å². The van der Waals surface area contributed by atoms with Gasteiger partial charge in [0.25, 0.3) is 0 Å². The van der Waals surface area contributed by atoms with Crippen LogP contribution < -0.4 is 0 Å². The van der Waals surface area contributed by atoms with Gasteiger partial charge in [0.05, 0.1) is 5.56 Å². The number of fused-ring (bicyclic) bond motifs is 1. The van der Waals surface area contributed by atoms with Crippen LogP contribution in [0.15, 0.2) is 74.0 Å². The van der Waals surface area contributed by atoms with Crippen LogP contribution in [0.3, 0.4) is 0 Å². The molecule has 0 amide bonds. The minimum absolute atomic E-state index is 0.0894. The van der Waals surface area contributed by atoms with E-state index in [9.17, 15) is 9.90 Å². The third-order valence-corrected chi connectivity index (χ3v) is 4.78. The summed E-state index contributed by atoms with van der Waals surface area (Å²) in [6.07, 6.45) is 3.08. The lowest BCUT2D eigenvalue weighted by molar-refractivity contribution is 0.104. The van der Waals surface area contributed by atoms with E-state index < -0.39 is 0 Å². The van der Waals surface area contributed by atoms with Crippen molar-refractivity contribution in [3.63, 3.8) is 0 Å². The summed E-state index contributed by atoms with van der Waals surface area (Å²) in [5.41, 5.74) is 1.96. The molecule has 0 aliphatic carbocycles. The number of hydrogen-bond acceptors (Lipinski definition) is 4. The Morgan fingerprint density at radius 3 is 2.59 bits per heavy atom. The van der Waals surface area contributed by atoms with E-state index in [0.717, 1.165) is 15.8 Å². The Labute approximate surface area is 163 Å². The molecule has 0 unspecified atom stereocenters. The number of phenolic OH excluding ortho intramolecular Hbond substituents is 1. The minimum atomic E-state index is -0.210. The van der Waals surface area contributed by atoms with Crippen LogP contribution in [0.25, 0.3) is 28.4 Å². The Balaban J connectivity index is 1.60. The molecule has 4 aromatic rings. The lowest BCUT2D eigenvalue weighted by atomic mass is 10.1. The first kappa shape index (κ1) is 17.4. The molecule has 2 aromatic carbocycles. The largest absolute Gasteiger partial charge is 0.508 e. The van der Waals surface area contributed by atoms with E-state index in [1.54, 1.807) is 19.1 Å². The van der Waals surface area contributed by atoms with Gasteiger partial charge in [-0.25, -0.2) is 0 Å². The lowest BCUT2D eigenvalue weighted by Gasteiger charge is -1.97. The van der Waals surface area contributed by atoms with Crippen molar-refractivity contribution in [1.29, 1.82) is 0 Å². The molecule has 0 radical (unpaired) electrons. The molecule has 0 fully saturated rings. The SMILES string of the molecule is Cc1oc2ccc(O)cc2c1C(=O)C=Cc1ccc(-c2ccc(Br)cc2)o1. The third-order valence-electron chi connectivity index (χ3n) is 4.25. The molecule has 2 heterocycles. The van der Waals surface area contributed by atoms with Crippen molar-refractivity contribution in [2.45, 2.75) is 6.92 Å². The monoisotopic (exact) mass is 422 g/mol. The van der Waals surface area contributed by atoms with E-state index in [-0.39, 0.29) is 11.5 Å². The number of carbonyl (C=O) groups excluding carboxylic acids is 1. The number of ketones is 1. The molecule has 0 spiro atoms. The summed E-state index contributed by atoms with van der Waals surface area (Å²) in [5, 5.41) is 10.3. The quantitative estimate of drug-likeness (QED) is 0.306. The van der Waals surface area contributed by atoms with Crippen molar-refractivity contribution >= 4 is 38.8 Å². The number of phenols is 1. The Morgan fingerprint density at radius 2 is 1.81 bits per heavy atom. The van der Waals surface area contributed by atoms with Gasteiger partial charge in [-0.15, -0.1) is 0 Å². The fraction of sp³-hybridized carbons (Fsp3) is 0.0455. The van der Waals surface area contributed by atoms with Gasteiger partial charge in [0, 0.05) is 15.4 Å². The maximum Gasteiger partial charge on any atom is 0.190 e. The first-order chi connectivity index (χ1) is 13.0. The number of aromatic hydroxyl groups is 1. The molecule has 4 nitrogen and oxygen atoms in total. The first-order valence-electron chi connectivity index (χ1n) is 8.31. The summed E-state index contributed by atoms with van der Waals surface area (Å²) >= 11 is 3.41. The van der Waals surface area contributed by atoms with Crippen molar-refractivity contribution < 1.29 is 18.7 Å². The van der Waals surface area contributed by atoms with E-state index in [4.69, 9.17) is 8.83 Å². The van der Waals surface area contributed by atoms with Crippen LogP contribution in [-0.4, -0.2) is 10.9 Å². The molecular weight excluding hydrogens is 408 g/mol. The molecule has 27 heavy (non-hydrogen) atoms. The van der Waals surface area contributed by atoms with Gasteiger partial charge in [0.2, 0.25) is 0 Å². The van der Waals surface area contributed by atoms with Crippen LogP contribution in [0.4, 0.5) is 0 Å². The maximum atomic E-state index is 12.7. The zero-order valence-electron chi connectivity index (χ0n) is 14.4. The van der Waals surface area contributed by atoms with Crippen LogP contribution in [0.2, 0.25) is 0 Å². The number of halogens is 1. The van der Waals surface area contributed by atoms with Crippen LogP contribution in [0.1, 0.15) is 21.9 Å². The van der Waals surface area contributed by atoms with Gasteiger partial charge >= 0.3 is 0 Å². The van der Waals surface area contributed by atoms with Crippen molar-refractivity contribution in [2.24, 2.45) is 0 Å². The molecule has 4 rings (SSSR count). The molecule has 5 heteroatoms. The Bertz CT molecular complexity index is 1160. The highest BCUT2D eigenvalue weighted by Crippen LogP contribution is 2.29. The third kappa shape index (κ3) is 3.46. The number of allylic oxidation sites excluding steroid dienone is 1. The summed E-state index contributed by atoms with van der Waals surface area (Å²) < 4.78 is 12.4. The molecule has 1 N–H and O–H groups in total. The van der Waals surface area contributed by atoms with Crippen LogP contribution >= 0.6 is 15.9 Å². The van der Waals surface area contributed by atoms with Crippen LogP contribution in [0, 0.1) is 6.92 Å². The highest BCUT2D eigenvalue weighted by Gasteiger charge is 2.16. The number of furan rings is 2. The number of rotatable bonds is 4. The van der Waals surface area contributed by atoms with Crippen LogP contribution in [0.5, 0.6) is 5.75 Å². The molecule has 0 atom stereocenters. The van der Waals surface area contributed by atoms with Crippen molar-refractivity contribution in [3.8, 4) is 17.1 Å². The number of carbonyl (C=O) groups is 1. The molecule has 0 aliphatic rings. The smallest absolute Gasteiger partial charge is 0.190 e. The Kier molecular flexibility index (Phi) is 4.46. The van der Waals surface area contributed by atoms with Crippen LogP contribution in [-0.2, 0) is 0 Å². The Morgan fingerprint density at radius 1 is 1.04 bits per heavy atom. The second-order valence-corrected chi connectivity index (χ2v) is 7.04. The summed E-state index contributed by atoms with van der Waals surface area (Å²) in [7, 11) is 0. The summed E-state index contributed by atoms with van der Waals surface area (Å²) in [5.74, 6) is 1.70. The fourth-order valence-corrected chi connectivity index (χ4v) is 3.23. The van der Waals surface area contributed by atoms with Crippen molar-refractivity contribution in [3.05, 3.63) is 82.2 Å². The minimum Gasteiger partial charge on any atom is -0.508 e. The molecular formula is C22H15BrO4. The summed E-state index contributed by atoms with van der Waals surface area (Å²) in [4.78, 5) is 12.7. The van der Waals surface area contributed by atoms with E-state index in [0.29, 0.717) is 28.1 Å². The fourth-order valence-electron chi connectivity index (χ4n) is 2.97. The average Bonchev–Trinajstić information content (AvgIpc) is 3.24. The topological polar surface area (TPSA) is 63.6 Å². The molecule has 2 aromatic heterocycles. The molecule has 134 valence electrons. The van der Waals surface area contributed by atoms with Gasteiger partial charge in [0.15, 0.2) is 5.78 Å². The lowest BCUT2D eigenvalue weighted by Crippen LogP contribution is -1.94. The number of benzene rings is 2. The molecule has 0 saturated heterocycles. The molecule has 0 saturated carbocycles. The first-order valence-corrected chi connectivity index (χ1v) is 9.11. The number of hydrogen-bond donors (Lipinski definition) is 1. The number of aryl methyl sites for hydroxylation is 1. The highest BCUT2D eigenvalue weighted by atomic mass is 79.9. The summed E-state index contributed by atoms with van der Waals surface area (Å²) in [6, 6.07) is 16.2. The highest BCUT2D eigenvalue weighted by molar-refractivity contribution is 9.10. The molecule has 0 aliphatic heterocycles. The molecule has 0 bridgehead atoms. The Hall–Kier alpha value is -3.05. The van der Waals surface area contributed by atoms with Gasteiger partial charge in [-0.05, 0) is 61.5 Å². The van der Waals surface area contributed by atoms with Crippen molar-refractivity contribution in [2.75, 3.05) is 0 Å². The second kappa shape index (κ2) is 6.93. The van der Waals surface area contributed by atoms with Crippen molar-refractivity contribution in [1.82, 2.24) is 0 Å². The van der Waals surface area contributed by atoms with E-state index >= 15 is 0 Å². The maximum absolute atomic E-state index is 12.7. The summed E-state index contributed by atoms with van der Waals surface area (Å²) in [6.45, 7) is 1.73. The van der Waals surface area contributed by atoms with Gasteiger partial charge in [0.1, 0.15) is 28.6 Å². The zero-order valence-corrected chi connectivity index (χ0v) is 16.0. The standard InChI is InChI=1S/C22H15BrO4/c1-13-22(18-12-16(24)6-10-21(18)26-13)19(25)9-7-17-8-11-20(27-17)14-2-4-15(23)5-3-14/h2-12,24H,1H3. The average molecular weight is 423 g/mol. The van der Waals surface area contributed by atoms with Gasteiger partial charge < -0.3 is 13.9 Å². The van der Waals surface area contributed by atoms with Gasteiger partial charge in [-0.2, -0.15) is 0 Å². The van der Waals surface area contributed by atoms with Gasteiger partial charge in [-0.3, -0.25) is 4.79 Å². The normalized spacial score (nSPS) is 11.5.